The third-order valence-corrected chi connectivity index (χ3v) is 4.97. The molecule has 1 unspecified atom stereocenters. The largest absolute Gasteiger partial charge is 0.345 e. The maximum absolute atomic E-state index is 13.5. The molecule has 2 N–H and O–H groups in total. The van der Waals surface area contributed by atoms with Gasteiger partial charge in [0.05, 0.1) is 23.4 Å². The number of hydrogen-bond acceptors (Lipinski definition) is 4. The molecule has 0 fully saturated rings. The lowest BCUT2D eigenvalue weighted by molar-refractivity contribution is -0.119. The summed E-state index contributed by atoms with van der Waals surface area (Å²) in [5.41, 5.74) is 3.49. The Hall–Kier alpha value is -4.20. The van der Waals surface area contributed by atoms with Crippen LogP contribution >= 0.6 is 0 Å². The third-order valence-electron chi connectivity index (χ3n) is 4.97. The van der Waals surface area contributed by atoms with Gasteiger partial charge in [-0.1, -0.05) is 36.4 Å². The summed E-state index contributed by atoms with van der Waals surface area (Å²) in [6.07, 6.45) is 9.91. The van der Waals surface area contributed by atoms with E-state index in [0.29, 0.717) is 28.0 Å². The smallest absolute Gasteiger partial charge is 0.276 e. The van der Waals surface area contributed by atoms with Crippen molar-refractivity contribution < 1.29 is 14.0 Å². The molecule has 0 saturated carbocycles. The van der Waals surface area contributed by atoms with E-state index in [1.54, 1.807) is 30.3 Å². The monoisotopic (exact) mass is 399 g/mol. The second-order valence-electron chi connectivity index (χ2n) is 6.85. The molecular weight excluding hydrogens is 385 g/mol. The van der Waals surface area contributed by atoms with E-state index in [4.69, 9.17) is 0 Å². The summed E-state index contributed by atoms with van der Waals surface area (Å²) in [6, 6.07) is 8.33. The average molecular weight is 399 g/mol. The van der Waals surface area contributed by atoms with E-state index in [9.17, 15) is 14.0 Å². The molecule has 1 atom stereocenters. The summed E-state index contributed by atoms with van der Waals surface area (Å²) in [5, 5.41) is 11.0. The topological polar surface area (TPSA) is 99.6 Å². The number of anilines is 1. The van der Waals surface area contributed by atoms with E-state index in [2.05, 4.69) is 25.5 Å². The van der Waals surface area contributed by atoms with Crippen LogP contribution in [0.5, 0.6) is 0 Å². The molecule has 1 aliphatic heterocycles. The Bertz CT molecular complexity index is 1320. The van der Waals surface area contributed by atoms with Crippen molar-refractivity contribution in [2.24, 2.45) is 16.1 Å². The second kappa shape index (κ2) is 7.00. The van der Waals surface area contributed by atoms with Crippen LogP contribution in [-0.4, -0.2) is 21.8 Å². The number of aromatic amines is 1. The van der Waals surface area contributed by atoms with Gasteiger partial charge in [-0.25, -0.2) is 9.37 Å². The predicted molar refractivity (Wildman–Crippen MR) is 109 cm³/mol. The highest BCUT2D eigenvalue weighted by atomic mass is 19.1. The van der Waals surface area contributed by atoms with Crippen LogP contribution in [0.1, 0.15) is 15.9 Å². The van der Waals surface area contributed by atoms with Gasteiger partial charge in [0, 0.05) is 22.8 Å². The molecule has 0 bridgehead atoms. The molecule has 0 saturated heterocycles. The fourth-order valence-electron chi connectivity index (χ4n) is 3.50. The number of H-pyrrole nitrogens is 1. The van der Waals surface area contributed by atoms with Crippen LogP contribution in [0.4, 0.5) is 10.1 Å². The van der Waals surface area contributed by atoms with Crippen LogP contribution in [0.25, 0.3) is 16.7 Å². The van der Waals surface area contributed by atoms with Crippen LogP contribution in [0.15, 0.2) is 82.8 Å². The van der Waals surface area contributed by atoms with Gasteiger partial charge >= 0.3 is 0 Å². The van der Waals surface area contributed by atoms with Crippen molar-refractivity contribution in [2.75, 3.05) is 5.32 Å². The van der Waals surface area contributed by atoms with Crippen molar-refractivity contribution in [3.8, 4) is 0 Å². The van der Waals surface area contributed by atoms with Gasteiger partial charge in [-0.05, 0) is 23.8 Å². The van der Waals surface area contributed by atoms with Crippen LogP contribution in [-0.2, 0) is 4.79 Å². The van der Waals surface area contributed by atoms with Crippen molar-refractivity contribution in [2.45, 2.75) is 0 Å². The van der Waals surface area contributed by atoms with Crippen molar-refractivity contribution in [1.82, 2.24) is 9.97 Å². The zero-order valence-corrected chi connectivity index (χ0v) is 15.5. The Balaban J connectivity index is 1.40. The molecule has 0 radical (unpaired) electrons. The first kappa shape index (κ1) is 17.9. The number of carbonyl (C=O) groups is 2. The number of allylic oxidation sites excluding steroid dienone is 3. The number of nitrogens with zero attached hydrogens (tertiary/aromatic N) is 3. The molecule has 8 heteroatoms. The summed E-state index contributed by atoms with van der Waals surface area (Å²) >= 11 is 0. The molecule has 1 aromatic carbocycles. The molecule has 3 heterocycles. The lowest BCUT2D eigenvalue weighted by Gasteiger charge is -2.19. The number of pyridine rings is 1. The average Bonchev–Trinajstić information content (AvgIpc) is 3.18. The Morgan fingerprint density at radius 3 is 2.80 bits per heavy atom. The number of halogens is 1. The van der Waals surface area contributed by atoms with E-state index in [-0.39, 0.29) is 11.8 Å². The number of benzene rings is 1. The molecule has 30 heavy (non-hydrogen) atoms. The normalized spacial score (nSPS) is 17.5. The predicted octanol–water partition coefficient (Wildman–Crippen LogP) is 4.40. The highest BCUT2D eigenvalue weighted by Gasteiger charge is 2.27. The zero-order chi connectivity index (χ0) is 20.7. The summed E-state index contributed by atoms with van der Waals surface area (Å²) < 4.78 is 13.5. The van der Waals surface area contributed by atoms with Gasteiger partial charge in [0.2, 0.25) is 0 Å². The van der Waals surface area contributed by atoms with Crippen molar-refractivity contribution >= 4 is 34.2 Å². The van der Waals surface area contributed by atoms with Crippen LogP contribution in [0.3, 0.4) is 0 Å². The Kier molecular flexibility index (Phi) is 4.17. The lowest BCUT2D eigenvalue weighted by atomic mass is 9.89. The first-order valence-electron chi connectivity index (χ1n) is 9.19. The first-order chi connectivity index (χ1) is 14.6. The minimum absolute atomic E-state index is 0.289. The standard InChI is InChI=1S/C22H14FN5O2/c23-13-9-17-18(11-25-20(17)24-10-13)21(29)26-14-7-5-12(6-8-14)19-15-3-1-2-4-16(15)22(30)28-27-19/h1-11,16H,(H,24,25)(H,26,29). The number of carbonyl (C=O) groups excluding carboxylic acids is 2. The van der Waals surface area contributed by atoms with Crippen molar-refractivity contribution in [3.05, 3.63) is 89.5 Å². The van der Waals surface area contributed by atoms with Gasteiger partial charge in [0.1, 0.15) is 11.5 Å². The van der Waals surface area contributed by atoms with E-state index < -0.39 is 11.7 Å². The lowest BCUT2D eigenvalue weighted by Crippen LogP contribution is -2.17. The van der Waals surface area contributed by atoms with E-state index in [0.717, 1.165) is 17.3 Å². The minimum atomic E-state index is -0.514. The van der Waals surface area contributed by atoms with E-state index in [1.807, 2.05) is 18.2 Å². The summed E-state index contributed by atoms with van der Waals surface area (Å²) in [7, 11) is 0. The summed E-state index contributed by atoms with van der Waals surface area (Å²) in [6.45, 7) is 0. The minimum Gasteiger partial charge on any atom is -0.345 e. The number of aromatic nitrogens is 2. The fourth-order valence-corrected chi connectivity index (χ4v) is 3.50. The van der Waals surface area contributed by atoms with Crippen LogP contribution < -0.4 is 5.32 Å². The van der Waals surface area contributed by atoms with Gasteiger partial charge in [0.15, 0.2) is 0 Å². The SMILES string of the molecule is O=C(Nc1ccc(C2=C3C=CC=CC3C(=O)N=N2)cc1)c1c[nH]c2ncc(F)cc12. The Morgan fingerprint density at radius 2 is 1.97 bits per heavy atom. The zero-order valence-electron chi connectivity index (χ0n) is 15.5. The van der Waals surface area contributed by atoms with E-state index >= 15 is 0 Å². The van der Waals surface area contributed by atoms with Gasteiger partial charge < -0.3 is 10.3 Å². The maximum Gasteiger partial charge on any atom is 0.276 e. The molecule has 2 aromatic heterocycles. The first-order valence-corrected chi connectivity index (χ1v) is 9.19. The number of azo groups is 1. The third kappa shape index (κ3) is 3.04. The molecule has 146 valence electrons. The summed E-state index contributed by atoms with van der Waals surface area (Å²) in [4.78, 5) is 31.4. The van der Waals surface area contributed by atoms with Gasteiger partial charge in [-0.15, -0.1) is 10.2 Å². The molecule has 2 amide bonds. The number of rotatable bonds is 3. The Labute approximate surface area is 169 Å². The molecule has 2 aliphatic rings. The quantitative estimate of drug-likeness (QED) is 0.683. The second-order valence-corrected chi connectivity index (χ2v) is 6.85. The maximum atomic E-state index is 13.5. The molecule has 0 spiro atoms. The number of amides is 2. The highest BCUT2D eigenvalue weighted by Crippen LogP contribution is 2.34. The fraction of sp³-hybridized carbons (Fsp3) is 0.0455. The van der Waals surface area contributed by atoms with Crippen molar-refractivity contribution in [3.63, 3.8) is 0 Å². The van der Waals surface area contributed by atoms with Crippen molar-refractivity contribution in [1.29, 1.82) is 0 Å². The molecular formula is C22H14FN5O2. The molecule has 3 aromatic rings. The summed E-state index contributed by atoms with van der Waals surface area (Å²) in [5.74, 6) is -1.60. The molecule has 7 nitrogen and oxygen atoms in total. The van der Waals surface area contributed by atoms with Gasteiger partial charge in [-0.2, -0.15) is 0 Å². The van der Waals surface area contributed by atoms with Crippen LogP contribution in [0.2, 0.25) is 0 Å². The van der Waals surface area contributed by atoms with Gasteiger partial charge in [-0.3, -0.25) is 9.59 Å². The number of hydrogen-bond donors (Lipinski definition) is 2. The van der Waals surface area contributed by atoms with Crippen LogP contribution in [0, 0.1) is 11.7 Å². The van der Waals surface area contributed by atoms with E-state index in [1.165, 1.54) is 12.3 Å². The Morgan fingerprint density at radius 1 is 1.13 bits per heavy atom. The number of fused-ring (bicyclic) bond motifs is 2. The molecule has 5 rings (SSSR count). The van der Waals surface area contributed by atoms with Gasteiger partial charge in [0.25, 0.3) is 11.8 Å². The highest BCUT2D eigenvalue weighted by molar-refractivity contribution is 6.12. The number of nitrogens with one attached hydrogen (secondary N) is 2. The molecule has 1 aliphatic carbocycles.